The normalized spacial score (nSPS) is 20.3. The first-order valence-corrected chi connectivity index (χ1v) is 27.4. The number of aliphatic hydroxyl groups is 5. The summed E-state index contributed by atoms with van der Waals surface area (Å²) in [4.78, 5) is 13.0. The van der Waals surface area contributed by atoms with Crippen molar-refractivity contribution in [3.8, 4) is 0 Å². The highest BCUT2D eigenvalue weighted by Gasteiger charge is 2.44. The van der Waals surface area contributed by atoms with Gasteiger partial charge in [0, 0.05) is 6.42 Å². The van der Waals surface area contributed by atoms with Gasteiger partial charge in [0.1, 0.15) is 24.4 Å². The fourth-order valence-corrected chi connectivity index (χ4v) is 8.48. The van der Waals surface area contributed by atoms with E-state index in [1.165, 1.54) is 161 Å². The summed E-state index contributed by atoms with van der Waals surface area (Å²) in [5, 5.41) is 54.3. The molecular formula is C56H103NO8. The van der Waals surface area contributed by atoms with Gasteiger partial charge in [-0.3, -0.25) is 4.79 Å². The Bertz CT molecular complexity index is 1160. The van der Waals surface area contributed by atoms with E-state index in [1.807, 2.05) is 6.08 Å². The topological polar surface area (TPSA) is 149 Å². The minimum Gasteiger partial charge on any atom is -0.394 e. The largest absolute Gasteiger partial charge is 0.394 e. The monoisotopic (exact) mass is 918 g/mol. The second kappa shape index (κ2) is 45.9. The van der Waals surface area contributed by atoms with Crippen LogP contribution in [0.4, 0.5) is 0 Å². The molecule has 0 saturated carbocycles. The molecule has 1 fully saturated rings. The molecule has 65 heavy (non-hydrogen) atoms. The van der Waals surface area contributed by atoms with E-state index in [9.17, 15) is 30.3 Å². The maximum absolute atomic E-state index is 13.0. The Hall–Kier alpha value is -1.85. The minimum atomic E-state index is -1.58. The van der Waals surface area contributed by atoms with E-state index in [1.54, 1.807) is 6.08 Å². The number of hydrogen-bond acceptors (Lipinski definition) is 8. The lowest BCUT2D eigenvalue weighted by molar-refractivity contribution is -0.302. The molecule has 9 nitrogen and oxygen atoms in total. The fourth-order valence-electron chi connectivity index (χ4n) is 8.48. The molecular weight excluding hydrogens is 815 g/mol. The van der Waals surface area contributed by atoms with Crippen LogP contribution in [0, 0.1) is 0 Å². The van der Waals surface area contributed by atoms with Gasteiger partial charge in [0.15, 0.2) is 6.29 Å². The molecule has 6 N–H and O–H groups in total. The van der Waals surface area contributed by atoms with Crippen molar-refractivity contribution in [3.05, 3.63) is 48.6 Å². The van der Waals surface area contributed by atoms with E-state index in [2.05, 4.69) is 55.6 Å². The van der Waals surface area contributed by atoms with Crippen LogP contribution in [0.15, 0.2) is 48.6 Å². The van der Waals surface area contributed by atoms with Crippen LogP contribution in [0.25, 0.3) is 0 Å². The molecule has 0 aromatic heterocycles. The number of carbonyl (C=O) groups excluding carboxylic acids is 1. The number of nitrogens with one attached hydrogen (secondary N) is 1. The van der Waals surface area contributed by atoms with E-state index in [-0.39, 0.29) is 12.5 Å². The molecule has 1 aliphatic heterocycles. The Morgan fingerprint density at radius 2 is 0.877 bits per heavy atom. The maximum Gasteiger partial charge on any atom is 0.220 e. The highest BCUT2D eigenvalue weighted by Crippen LogP contribution is 2.23. The van der Waals surface area contributed by atoms with Crippen molar-refractivity contribution < 1.29 is 39.8 Å². The quantitative estimate of drug-likeness (QED) is 0.0261. The number of ether oxygens (including phenoxy) is 2. The number of hydrogen-bond donors (Lipinski definition) is 6. The number of aliphatic hydroxyl groups excluding tert-OH is 5. The van der Waals surface area contributed by atoms with Gasteiger partial charge in [0.05, 0.1) is 25.4 Å². The number of unbranched alkanes of at least 4 members (excludes halogenated alkanes) is 30. The van der Waals surface area contributed by atoms with E-state index >= 15 is 0 Å². The zero-order chi connectivity index (χ0) is 47.3. The maximum atomic E-state index is 13.0. The van der Waals surface area contributed by atoms with Crippen molar-refractivity contribution in [2.45, 2.75) is 288 Å². The van der Waals surface area contributed by atoms with Gasteiger partial charge >= 0.3 is 0 Å². The minimum absolute atomic E-state index is 0.199. The van der Waals surface area contributed by atoms with Gasteiger partial charge in [0.25, 0.3) is 0 Å². The van der Waals surface area contributed by atoms with Gasteiger partial charge in [0.2, 0.25) is 5.91 Å². The molecule has 1 amide bonds. The summed E-state index contributed by atoms with van der Waals surface area (Å²) in [6, 6.07) is -0.833. The summed E-state index contributed by atoms with van der Waals surface area (Å²) < 4.78 is 11.2. The van der Waals surface area contributed by atoms with Crippen LogP contribution >= 0.6 is 0 Å². The number of carbonyl (C=O) groups is 1. The molecule has 0 bridgehead atoms. The van der Waals surface area contributed by atoms with Crippen LogP contribution in [0.5, 0.6) is 0 Å². The zero-order valence-corrected chi connectivity index (χ0v) is 42.0. The molecule has 0 aliphatic carbocycles. The smallest absolute Gasteiger partial charge is 0.220 e. The Kier molecular flexibility index (Phi) is 43.2. The van der Waals surface area contributed by atoms with Gasteiger partial charge < -0.3 is 40.3 Å². The van der Waals surface area contributed by atoms with Crippen LogP contribution in [-0.4, -0.2) is 87.5 Å². The Morgan fingerprint density at radius 3 is 1.29 bits per heavy atom. The second-order valence-corrected chi connectivity index (χ2v) is 19.0. The first-order chi connectivity index (χ1) is 31.8. The summed E-state index contributed by atoms with van der Waals surface area (Å²) in [5.41, 5.74) is 0. The van der Waals surface area contributed by atoms with Gasteiger partial charge in [-0.15, -0.1) is 0 Å². The van der Waals surface area contributed by atoms with Crippen molar-refractivity contribution >= 4 is 5.91 Å². The fraction of sp³-hybridized carbons (Fsp3) is 0.839. The van der Waals surface area contributed by atoms with Crippen LogP contribution in [-0.2, 0) is 14.3 Å². The number of amides is 1. The molecule has 7 unspecified atom stereocenters. The zero-order valence-electron chi connectivity index (χ0n) is 42.0. The predicted molar refractivity (Wildman–Crippen MR) is 272 cm³/mol. The second-order valence-electron chi connectivity index (χ2n) is 19.0. The molecule has 1 heterocycles. The van der Waals surface area contributed by atoms with E-state index in [4.69, 9.17) is 9.47 Å². The highest BCUT2D eigenvalue weighted by atomic mass is 16.7. The van der Waals surface area contributed by atoms with Crippen LogP contribution in [0.2, 0.25) is 0 Å². The molecule has 1 saturated heterocycles. The number of allylic oxidation sites excluding steroid dienone is 7. The van der Waals surface area contributed by atoms with Crippen molar-refractivity contribution in [1.29, 1.82) is 0 Å². The van der Waals surface area contributed by atoms with Gasteiger partial charge in [-0.05, 0) is 70.6 Å². The lowest BCUT2D eigenvalue weighted by Crippen LogP contribution is -2.60. The van der Waals surface area contributed by atoms with Crippen molar-refractivity contribution in [3.63, 3.8) is 0 Å². The molecule has 7 atom stereocenters. The molecule has 9 heteroatoms. The van der Waals surface area contributed by atoms with Crippen molar-refractivity contribution in [1.82, 2.24) is 5.32 Å². The van der Waals surface area contributed by atoms with Gasteiger partial charge in [-0.25, -0.2) is 0 Å². The third-order valence-electron chi connectivity index (χ3n) is 12.9. The molecule has 0 radical (unpaired) electrons. The lowest BCUT2D eigenvalue weighted by atomic mass is 9.99. The molecule has 0 aromatic rings. The summed E-state index contributed by atoms with van der Waals surface area (Å²) >= 11 is 0. The Labute approximate surface area is 399 Å². The van der Waals surface area contributed by atoms with Crippen LogP contribution in [0.3, 0.4) is 0 Å². The summed E-state index contributed by atoms with van der Waals surface area (Å²) in [6.07, 6.45) is 53.2. The third kappa shape index (κ3) is 35.9. The average Bonchev–Trinajstić information content (AvgIpc) is 3.31. The molecule has 0 spiro atoms. The highest BCUT2D eigenvalue weighted by molar-refractivity contribution is 5.76. The summed E-state index contributed by atoms with van der Waals surface area (Å²) in [6.45, 7) is 3.76. The van der Waals surface area contributed by atoms with Crippen molar-refractivity contribution in [2.75, 3.05) is 13.2 Å². The molecule has 1 rings (SSSR count). The molecule has 0 aromatic carbocycles. The van der Waals surface area contributed by atoms with Crippen molar-refractivity contribution in [2.24, 2.45) is 0 Å². The Balaban J connectivity index is 2.28. The van der Waals surface area contributed by atoms with Gasteiger partial charge in [-0.2, -0.15) is 0 Å². The summed E-state index contributed by atoms with van der Waals surface area (Å²) in [5.74, 6) is -0.199. The van der Waals surface area contributed by atoms with E-state index in [0.29, 0.717) is 6.42 Å². The average molecular weight is 918 g/mol. The third-order valence-corrected chi connectivity index (χ3v) is 12.9. The van der Waals surface area contributed by atoms with E-state index < -0.39 is 49.5 Å². The predicted octanol–water partition coefficient (Wildman–Crippen LogP) is 13.0. The first-order valence-electron chi connectivity index (χ1n) is 27.4. The standard InChI is InChI=1S/C56H103NO8/c1-3-5-7-9-11-13-15-17-19-20-21-22-23-24-25-26-27-28-29-30-32-33-35-37-39-41-43-45-50(59)49(48-64-56-55(63)54(62)53(61)51(47-58)65-56)57-52(60)46-44-42-40-38-36-34-31-18-16-14-12-10-8-6-4-2/h18,29-31,35,37,43,45,49-51,53-56,58-59,61-63H,3-17,19-28,32-34,36,38-42,44,46-48H2,1-2H3,(H,57,60)/b30-29+,31-18-,37-35+,45-43+. The van der Waals surface area contributed by atoms with Crippen LogP contribution in [0.1, 0.15) is 245 Å². The van der Waals surface area contributed by atoms with Crippen LogP contribution < -0.4 is 5.32 Å². The Morgan fingerprint density at radius 1 is 0.508 bits per heavy atom. The van der Waals surface area contributed by atoms with E-state index in [0.717, 1.165) is 64.2 Å². The first kappa shape index (κ1) is 61.2. The molecule has 1 aliphatic rings. The lowest BCUT2D eigenvalue weighted by Gasteiger charge is -2.40. The summed E-state index contributed by atoms with van der Waals surface area (Å²) in [7, 11) is 0. The SMILES string of the molecule is CCCCCCCC/C=C\CCCCCCCC(=O)NC(COC1OC(CO)C(O)C(O)C1O)C(O)/C=C/CC/C=C/CC/C=C/CCCCCCCCCCCCCCCCCCC. The number of rotatable bonds is 46. The van der Waals surface area contributed by atoms with Gasteiger partial charge in [-0.1, -0.05) is 217 Å². The molecule has 380 valence electrons.